The molecule has 0 radical (unpaired) electrons. The number of esters is 2. The van der Waals surface area contributed by atoms with Gasteiger partial charge in [0.25, 0.3) is 17.7 Å². The predicted molar refractivity (Wildman–Crippen MR) is 160 cm³/mol. The van der Waals surface area contributed by atoms with E-state index in [9.17, 15) is 37.1 Å². The van der Waals surface area contributed by atoms with Gasteiger partial charge in [-0.15, -0.1) is 0 Å². The number of hydrogen-bond donors (Lipinski definition) is 2. The second kappa shape index (κ2) is 14.5. The summed E-state index contributed by atoms with van der Waals surface area (Å²) in [6.45, 7) is 1.82. The van der Waals surface area contributed by atoms with E-state index in [1.165, 1.54) is 30.0 Å². The Balaban J connectivity index is 1.83. The molecular formula is C33H29F3N4O6. The van der Waals surface area contributed by atoms with Crippen LogP contribution in [0.5, 0.6) is 0 Å². The summed E-state index contributed by atoms with van der Waals surface area (Å²) in [7, 11) is 0. The highest BCUT2D eigenvalue weighted by atomic mass is 19.4. The largest absolute Gasteiger partial charge is 0.491 e. The topological polar surface area (TPSA) is 139 Å². The van der Waals surface area contributed by atoms with Crippen molar-refractivity contribution in [3.63, 3.8) is 0 Å². The average molecular weight is 635 g/mol. The number of nitrogens with zero attached hydrogens (tertiary/aromatic N) is 2. The third-order valence-electron chi connectivity index (χ3n) is 6.95. The zero-order valence-electron chi connectivity index (χ0n) is 24.5. The van der Waals surface area contributed by atoms with E-state index in [0.717, 1.165) is 10.5 Å². The van der Waals surface area contributed by atoms with Gasteiger partial charge in [0.2, 0.25) is 0 Å². The van der Waals surface area contributed by atoms with Gasteiger partial charge in [-0.1, -0.05) is 66.6 Å². The fourth-order valence-electron chi connectivity index (χ4n) is 4.89. The van der Waals surface area contributed by atoms with Crippen molar-refractivity contribution in [2.24, 2.45) is 5.73 Å². The van der Waals surface area contributed by atoms with Gasteiger partial charge in [0.05, 0.1) is 24.2 Å². The average Bonchev–Trinajstić information content (AvgIpc) is 3.11. The first kappa shape index (κ1) is 33.4. The van der Waals surface area contributed by atoms with E-state index in [0.29, 0.717) is 5.56 Å². The lowest BCUT2D eigenvalue weighted by Gasteiger charge is -2.35. The summed E-state index contributed by atoms with van der Waals surface area (Å²) in [4.78, 5) is 67.2. The fourth-order valence-corrected chi connectivity index (χ4v) is 4.89. The van der Waals surface area contributed by atoms with Crippen LogP contribution in [0.2, 0.25) is 0 Å². The quantitative estimate of drug-likeness (QED) is 0.220. The molecule has 4 rings (SSSR count). The van der Waals surface area contributed by atoms with Crippen molar-refractivity contribution in [1.82, 2.24) is 10.2 Å². The maximum absolute atomic E-state index is 14.5. The van der Waals surface area contributed by atoms with Crippen LogP contribution in [0.1, 0.15) is 46.4 Å². The second-order valence-electron chi connectivity index (χ2n) is 10.3. The van der Waals surface area contributed by atoms with Crippen LogP contribution in [0.25, 0.3) is 0 Å². The number of nitrogens with one attached hydrogen (secondary N) is 1. The Morgan fingerprint density at radius 3 is 2.28 bits per heavy atom. The molecule has 10 nitrogen and oxygen atoms in total. The Kier molecular flexibility index (Phi) is 10.6. The molecule has 1 aliphatic rings. The minimum Gasteiger partial charge on any atom is -0.386 e. The molecule has 0 saturated heterocycles. The maximum atomic E-state index is 14.5. The van der Waals surface area contributed by atoms with Gasteiger partial charge in [-0.25, -0.2) is 4.79 Å². The molecule has 3 amide bonds. The maximum Gasteiger partial charge on any atom is 0.491 e. The van der Waals surface area contributed by atoms with Crippen molar-refractivity contribution in [3.8, 4) is 11.8 Å². The van der Waals surface area contributed by atoms with Crippen LogP contribution in [0.4, 0.5) is 18.9 Å². The lowest BCUT2D eigenvalue weighted by atomic mass is 10.0. The van der Waals surface area contributed by atoms with Gasteiger partial charge in [0.1, 0.15) is 6.04 Å². The number of benzene rings is 3. The second-order valence-corrected chi connectivity index (χ2v) is 10.3. The molecule has 1 aliphatic heterocycles. The standard InChI is InChI=1S/C33H29F3N4O6/c1-21(18-28(42)46-32(45)33(34,35)36)40-29(24-10-6-3-7-11-24)31(44)39(20-23-8-4-2-5-9-23)26-14-12-22(19-25(26)30(40)43)13-15-27(41)38-17-16-37/h2-12,14,19,21,29H,16-18,20,37H2,1H3,(H,38,41). The molecule has 3 aromatic rings. The third-order valence-corrected chi connectivity index (χ3v) is 6.95. The molecule has 2 atom stereocenters. The number of anilines is 1. The summed E-state index contributed by atoms with van der Waals surface area (Å²) in [6, 6.07) is 19.1. The number of carbonyl (C=O) groups is 5. The van der Waals surface area contributed by atoms with Crippen LogP contribution in [-0.2, 0) is 30.5 Å². The number of rotatable bonds is 8. The summed E-state index contributed by atoms with van der Waals surface area (Å²) in [5.74, 6) is -1.04. The number of nitrogens with two attached hydrogens (primary N) is 1. The van der Waals surface area contributed by atoms with E-state index in [1.807, 2.05) is 0 Å². The first-order valence-electron chi connectivity index (χ1n) is 14.1. The normalized spacial score (nSPS) is 15.2. The number of amides is 3. The van der Waals surface area contributed by atoms with Gasteiger partial charge in [0, 0.05) is 30.6 Å². The monoisotopic (exact) mass is 634 g/mol. The fraction of sp³-hybridized carbons (Fsp3) is 0.242. The van der Waals surface area contributed by atoms with Crippen LogP contribution in [0.3, 0.4) is 0 Å². The molecule has 0 fully saturated rings. The molecule has 0 saturated carbocycles. The zero-order chi connectivity index (χ0) is 33.4. The number of ether oxygens (including phenoxy) is 1. The molecule has 3 aromatic carbocycles. The minimum atomic E-state index is -5.41. The summed E-state index contributed by atoms with van der Waals surface area (Å²) in [5.41, 5.74) is 6.96. The van der Waals surface area contributed by atoms with Gasteiger partial charge in [-0.2, -0.15) is 13.2 Å². The van der Waals surface area contributed by atoms with Crippen molar-refractivity contribution in [2.45, 2.75) is 38.1 Å². The predicted octanol–water partition coefficient (Wildman–Crippen LogP) is 3.25. The first-order chi connectivity index (χ1) is 21.9. The highest BCUT2D eigenvalue weighted by Crippen LogP contribution is 2.38. The van der Waals surface area contributed by atoms with E-state index in [1.54, 1.807) is 60.7 Å². The van der Waals surface area contributed by atoms with E-state index < -0.39 is 54.3 Å². The summed E-state index contributed by atoms with van der Waals surface area (Å²) >= 11 is 0. The molecule has 46 heavy (non-hydrogen) atoms. The highest BCUT2D eigenvalue weighted by Gasteiger charge is 2.45. The minimum absolute atomic E-state index is 0.0107. The summed E-state index contributed by atoms with van der Waals surface area (Å²) in [6.07, 6.45) is -6.24. The van der Waals surface area contributed by atoms with E-state index in [-0.39, 0.29) is 36.4 Å². The van der Waals surface area contributed by atoms with Gasteiger partial charge in [-0.3, -0.25) is 19.2 Å². The lowest BCUT2D eigenvalue weighted by Crippen LogP contribution is -2.47. The highest BCUT2D eigenvalue weighted by molar-refractivity contribution is 6.11. The Morgan fingerprint density at radius 1 is 1.00 bits per heavy atom. The number of hydrogen-bond acceptors (Lipinski definition) is 7. The molecule has 0 aromatic heterocycles. The van der Waals surface area contributed by atoms with Gasteiger partial charge < -0.3 is 25.6 Å². The SMILES string of the molecule is CC(CC(=O)OC(=O)C(F)(F)F)N1C(=O)c2cc(C#CC(=O)NCCN)ccc2N(Cc2ccccc2)C(=O)C1c1ccccc1. The molecule has 3 N–H and O–H groups in total. The number of alkyl halides is 3. The van der Waals surface area contributed by atoms with Crippen LogP contribution >= 0.6 is 0 Å². The molecule has 2 unspecified atom stereocenters. The lowest BCUT2D eigenvalue weighted by molar-refractivity contribution is -0.202. The zero-order valence-corrected chi connectivity index (χ0v) is 24.5. The van der Waals surface area contributed by atoms with Crippen LogP contribution in [0, 0.1) is 11.8 Å². The molecule has 238 valence electrons. The van der Waals surface area contributed by atoms with Crippen molar-refractivity contribution in [1.29, 1.82) is 0 Å². The number of carbonyl (C=O) groups excluding carboxylic acids is 5. The van der Waals surface area contributed by atoms with E-state index >= 15 is 0 Å². The summed E-state index contributed by atoms with van der Waals surface area (Å²) in [5, 5.41) is 2.51. The molecule has 13 heteroatoms. The van der Waals surface area contributed by atoms with Crippen LogP contribution in [-0.4, -0.2) is 59.9 Å². The van der Waals surface area contributed by atoms with Crippen LogP contribution < -0.4 is 16.0 Å². The van der Waals surface area contributed by atoms with Crippen molar-refractivity contribution in [2.75, 3.05) is 18.0 Å². The Hall–Kier alpha value is -5.48. The van der Waals surface area contributed by atoms with Gasteiger partial charge in [0.15, 0.2) is 0 Å². The Labute approximate surface area is 262 Å². The van der Waals surface area contributed by atoms with Crippen molar-refractivity contribution >= 4 is 35.3 Å². The first-order valence-corrected chi connectivity index (χ1v) is 14.1. The Bertz CT molecular complexity index is 1690. The van der Waals surface area contributed by atoms with E-state index in [2.05, 4.69) is 21.9 Å². The third kappa shape index (κ3) is 7.96. The van der Waals surface area contributed by atoms with Crippen LogP contribution in [0.15, 0.2) is 78.9 Å². The number of fused-ring (bicyclic) bond motifs is 1. The molecule has 0 bridgehead atoms. The Morgan fingerprint density at radius 2 is 1.65 bits per heavy atom. The van der Waals surface area contributed by atoms with Crippen molar-refractivity contribution < 1.29 is 41.9 Å². The molecule has 0 spiro atoms. The molecule has 0 aliphatic carbocycles. The smallest absolute Gasteiger partial charge is 0.386 e. The van der Waals surface area contributed by atoms with Crippen molar-refractivity contribution in [3.05, 3.63) is 101 Å². The van der Waals surface area contributed by atoms with Gasteiger partial charge in [-0.05, 0) is 36.2 Å². The molecule has 1 heterocycles. The van der Waals surface area contributed by atoms with E-state index in [4.69, 9.17) is 5.73 Å². The van der Waals surface area contributed by atoms with Gasteiger partial charge >= 0.3 is 18.1 Å². The molecular weight excluding hydrogens is 605 g/mol. The summed E-state index contributed by atoms with van der Waals surface area (Å²) < 4.78 is 42.3. The number of halogens is 3.